The van der Waals surface area contributed by atoms with Gasteiger partial charge in [0.15, 0.2) is 0 Å². The summed E-state index contributed by atoms with van der Waals surface area (Å²) in [5.41, 5.74) is 0. The summed E-state index contributed by atoms with van der Waals surface area (Å²) in [5.74, 6) is 0.529. The maximum absolute atomic E-state index is 13.2. The van der Waals surface area contributed by atoms with Crippen LogP contribution >= 0.6 is 0 Å². The first-order valence-corrected chi connectivity index (χ1v) is 9.91. The third kappa shape index (κ3) is 4.29. The van der Waals surface area contributed by atoms with Crippen molar-refractivity contribution in [1.29, 1.82) is 0 Å². The number of carboxylic acid groups (broad SMARTS) is 1. The predicted molar refractivity (Wildman–Crippen MR) is 92.7 cm³/mol. The second kappa shape index (κ2) is 8.32. The fourth-order valence-corrected chi connectivity index (χ4v) is 5.12. The van der Waals surface area contributed by atoms with Gasteiger partial charge in [0.2, 0.25) is 5.91 Å². The maximum Gasteiger partial charge on any atom is 0.317 e. The van der Waals surface area contributed by atoms with E-state index in [9.17, 15) is 9.59 Å². The van der Waals surface area contributed by atoms with E-state index in [1.807, 2.05) is 0 Å². The van der Waals surface area contributed by atoms with Gasteiger partial charge in [-0.05, 0) is 37.5 Å². The highest BCUT2D eigenvalue weighted by Crippen LogP contribution is 2.37. The van der Waals surface area contributed by atoms with Gasteiger partial charge in [-0.3, -0.25) is 14.9 Å². The Balaban J connectivity index is 1.63. The van der Waals surface area contributed by atoms with Crippen LogP contribution in [0.25, 0.3) is 0 Å². The summed E-state index contributed by atoms with van der Waals surface area (Å²) >= 11 is 0. The molecule has 0 aromatic carbocycles. The summed E-state index contributed by atoms with van der Waals surface area (Å²) in [4.78, 5) is 26.2. The molecule has 1 unspecified atom stereocenters. The molecule has 0 bridgehead atoms. The Bertz CT molecular complexity index is 448. The van der Waals surface area contributed by atoms with Gasteiger partial charge in [-0.15, -0.1) is 0 Å². The number of hydrogen-bond donors (Lipinski definition) is 2. The van der Waals surface area contributed by atoms with Gasteiger partial charge in [0.05, 0.1) is 12.6 Å². The molecule has 24 heavy (non-hydrogen) atoms. The number of nitrogens with one attached hydrogen (secondary N) is 1. The van der Waals surface area contributed by atoms with E-state index in [-0.39, 0.29) is 18.5 Å². The van der Waals surface area contributed by atoms with Crippen molar-refractivity contribution < 1.29 is 14.7 Å². The molecule has 0 aromatic rings. The highest BCUT2D eigenvalue weighted by Gasteiger charge is 2.40. The van der Waals surface area contributed by atoms with Crippen molar-refractivity contribution in [3.63, 3.8) is 0 Å². The van der Waals surface area contributed by atoms with Gasteiger partial charge in [-0.1, -0.05) is 44.9 Å². The third-order valence-corrected chi connectivity index (χ3v) is 6.38. The Labute approximate surface area is 145 Å². The van der Waals surface area contributed by atoms with E-state index in [1.165, 1.54) is 51.4 Å². The molecule has 2 N–H and O–H groups in total. The van der Waals surface area contributed by atoms with Crippen molar-refractivity contribution in [3.8, 4) is 0 Å². The molecule has 5 nitrogen and oxygen atoms in total. The van der Waals surface area contributed by atoms with Crippen LogP contribution in [0.3, 0.4) is 0 Å². The van der Waals surface area contributed by atoms with E-state index >= 15 is 0 Å². The number of rotatable bonds is 6. The first-order chi connectivity index (χ1) is 11.6. The van der Waals surface area contributed by atoms with Crippen LogP contribution < -0.4 is 5.32 Å². The molecule has 3 fully saturated rings. The van der Waals surface area contributed by atoms with Crippen LogP contribution in [-0.4, -0.2) is 47.1 Å². The van der Waals surface area contributed by atoms with Crippen LogP contribution in [0.1, 0.15) is 70.6 Å². The van der Waals surface area contributed by atoms with Gasteiger partial charge in [0, 0.05) is 12.6 Å². The lowest BCUT2D eigenvalue weighted by atomic mass is 9.83. The van der Waals surface area contributed by atoms with Crippen molar-refractivity contribution in [2.24, 2.45) is 11.8 Å². The van der Waals surface area contributed by atoms with Gasteiger partial charge >= 0.3 is 5.97 Å². The Morgan fingerprint density at radius 3 is 2.46 bits per heavy atom. The second-order valence-electron chi connectivity index (χ2n) is 8.00. The average molecular weight is 336 g/mol. The normalized spacial score (nSPS) is 29.2. The summed E-state index contributed by atoms with van der Waals surface area (Å²) in [7, 11) is 0. The van der Waals surface area contributed by atoms with E-state index in [4.69, 9.17) is 5.11 Å². The van der Waals surface area contributed by atoms with E-state index in [0.29, 0.717) is 17.9 Å². The molecule has 5 heteroatoms. The minimum Gasteiger partial charge on any atom is -0.480 e. The van der Waals surface area contributed by atoms with E-state index in [1.54, 1.807) is 0 Å². The fourth-order valence-electron chi connectivity index (χ4n) is 5.12. The number of amides is 1. The molecule has 2 aliphatic carbocycles. The first kappa shape index (κ1) is 17.7. The Morgan fingerprint density at radius 1 is 1.00 bits per heavy atom. The molecular formula is C19H32N2O3. The van der Waals surface area contributed by atoms with Crippen molar-refractivity contribution in [3.05, 3.63) is 0 Å². The third-order valence-electron chi connectivity index (χ3n) is 6.38. The molecule has 3 aliphatic rings. The molecule has 0 aromatic heterocycles. The van der Waals surface area contributed by atoms with Gasteiger partial charge in [-0.25, -0.2) is 0 Å². The lowest BCUT2D eigenvalue weighted by Gasteiger charge is -2.35. The number of carbonyl (C=O) groups excluding carboxylic acids is 1. The zero-order chi connectivity index (χ0) is 16.9. The summed E-state index contributed by atoms with van der Waals surface area (Å²) in [6.45, 7) is 0.745. The quantitative estimate of drug-likeness (QED) is 0.782. The molecule has 1 amide bonds. The van der Waals surface area contributed by atoms with Crippen molar-refractivity contribution in [2.75, 3.05) is 13.1 Å². The molecule has 1 aliphatic heterocycles. The Morgan fingerprint density at radius 2 is 1.71 bits per heavy atom. The number of likely N-dealkylation sites (tertiary alicyclic amines) is 1. The number of fused-ring (bicyclic) bond motifs is 1. The van der Waals surface area contributed by atoms with Crippen LogP contribution in [-0.2, 0) is 9.59 Å². The minimum atomic E-state index is -0.881. The lowest BCUT2D eigenvalue weighted by Crippen LogP contribution is -2.51. The van der Waals surface area contributed by atoms with Gasteiger partial charge < -0.3 is 10.0 Å². The summed E-state index contributed by atoms with van der Waals surface area (Å²) < 4.78 is 0. The first-order valence-electron chi connectivity index (χ1n) is 9.91. The highest BCUT2D eigenvalue weighted by molar-refractivity contribution is 5.83. The molecule has 1 saturated heterocycles. The molecule has 136 valence electrons. The molecule has 1 heterocycles. The van der Waals surface area contributed by atoms with Gasteiger partial charge in [0.1, 0.15) is 0 Å². The standard InChI is InChI=1S/C19H32N2O3/c22-18(23)13-20-16(12-14-6-2-1-3-7-14)19(24)21-11-10-15-8-4-5-9-17(15)21/h14-17,20H,1-13H2,(H,22,23)/t15-,16?,17-/m0/s1. The monoisotopic (exact) mass is 336 g/mol. The molecule has 3 rings (SSSR count). The Hall–Kier alpha value is -1.10. The van der Waals surface area contributed by atoms with E-state index in [0.717, 1.165) is 25.8 Å². The number of carbonyl (C=O) groups is 2. The second-order valence-corrected chi connectivity index (χ2v) is 8.00. The van der Waals surface area contributed by atoms with E-state index < -0.39 is 5.97 Å². The molecule has 3 atom stereocenters. The van der Waals surface area contributed by atoms with Crippen LogP contribution in [0.15, 0.2) is 0 Å². The molecule has 2 saturated carbocycles. The zero-order valence-electron chi connectivity index (χ0n) is 14.7. The fraction of sp³-hybridized carbons (Fsp3) is 0.895. The Kier molecular flexibility index (Phi) is 6.14. The average Bonchev–Trinajstić information content (AvgIpc) is 3.03. The SMILES string of the molecule is O=C(O)CNC(CC1CCCCC1)C(=O)N1CC[C@@H]2CCCC[C@@H]21. The smallest absolute Gasteiger partial charge is 0.317 e. The summed E-state index contributed by atoms with van der Waals surface area (Å²) in [5, 5.41) is 12.1. The van der Waals surface area contributed by atoms with Crippen LogP contribution in [0.2, 0.25) is 0 Å². The predicted octanol–water partition coefficient (Wildman–Crippen LogP) is 2.79. The molecule has 0 radical (unpaired) electrons. The number of aliphatic carboxylic acids is 1. The summed E-state index contributed by atoms with van der Waals surface area (Å²) in [6.07, 6.45) is 13.0. The maximum atomic E-state index is 13.2. The number of nitrogens with zero attached hydrogens (tertiary/aromatic N) is 1. The van der Waals surface area contributed by atoms with Gasteiger partial charge in [0.25, 0.3) is 0 Å². The molecule has 0 spiro atoms. The van der Waals surface area contributed by atoms with Crippen LogP contribution in [0, 0.1) is 11.8 Å². The van der Waals surface area contributed by atoms with E-state index in [2.05, 4.69) is 10.2 Å². The topological polar surface area (TPSA) is 69.6 Å². The van der Waals surface area contributed by atoms with Crippen LogP contribution in [0.5, 0.6) is 0 Å². The van der Waals surface area contributed by atoms with Crippen molar-refractivity contribution in [1.82, 2.24) is 10.2 Å². The minimum absolute atomic E-state index is 0.120. The highest BCUT2D eigenvalue weighted by atomic mass is 16.4. The molecular weight excluding hydrogens is 304 g/mol. The van der Waals surface area contributed by atoms with Gasteiger partial charge in [-0.2, -0.15) is 0 Å². The lowest BCUT2D eigenvalue weighted by molar-refractivity contribution is -0.138. The number of hydrogen-bond acceptors (Lipinski definition) is 3. The van der Waals surface area contributed by atoms with Crippen molar-refractivity contribution in [2.45, 2.75) is 82.7 Å². The zero-order valence-corrected chi connectivity index (χ0v) is 14.7. The van der Waals surface area contributed by atoms with Crippen molar-refractivity contribution >= 4 is 11.9 Å². The largest absolute Gasteiger partial charge is 0.480 e. The summed E-state index contributed by atoms with van der Waals surface area (Å²) in [6, 6.07) is 0.0941. The van der Waals surface area contributed by atoms with Crippen LogP contribution in [0.4, 0.5) is 0 Å². The number of carboxylic acids is 1.